The molecule has 1 saturated carbocycles. The largest absolute Gasteiger partial charge is 0.325 e. The van der Waals surface area contributed by atoms with Crippen molar-refractivity contribution in [1.82, 2.24) is 4.90 Å². The van der Waals surface area contributed by atoms with Crippen molar-refractivity contribution in [3.8, 4) is 0 Å². The molecule has 0 atom stereocenters. The number of carbonyl (C=O) groups is 3. The molecular formula is C25H22FN3O3S2. The highest BCUT2D eigenvalue weighted by Gasteiger charge is 2.44. The second-order valence-corrected chi connectivity index (χ2v) is 10.1. The first kappa shape index (κ1) is 22.7. The molecule has 9 heteroatoms. The first-order valence-electron chi connectivity index (χ1n) is 11.2. The van der Waals surface area contributed by atoms with Crippen LogP contribution in [0, 0.1) is 5.82 Å². The Morgan fingerprint density at radius 1 is 1.03 bits per heavy atom. The zero-order valence-electron chi connectivity index (χ0n) is 18.3. The number of fused-ring (bicyclic) bond motifs is 1. The summed E-state index contributed by atoms with van der Waals surface area (Å²) in [5.74, 6) is -1.46. The van der Waals surface area contributed by atoms with Crippen LogP contribution >= 0.6 is 24.0 Å². The highest BCUT2D eigenvalue weighted by Crippen LogP contribution is 2.45. The fourth-order valence-electron chi connectivity index (χ4n) is 4.72. The molecule has 1 aliphatic carbocycles. The number of benzene rings is 2. The Balaban J connectivity index is 1.43. The molecule has 6 nitrogen and oxygen atoms in total. The minimum absolute atomic E-state index is 0.0729. The van der Waals surface area contributed by atoms with Gasteiger partial charge < -0.3 is 5.32 Å². The molecule has 1 saturated heterocycles. The number of para-hydroxylation sites is 1. The van der Waals surface area contributed by atoms with Crippen LogP contribution in [-0.2, 0) is 14.4 Å². The predicted octanol–water partition coefficient (Wildman–Crippen LogP) is 4.72. The lowest BCUT2D eigenvalue weighted by Crippen LogP contribution is -2.40. The number of thioether (sulfide) groups is 1. The lowest BCUT2D eigenvalue weighted by molar-refractivity contribution is -0.124. The third-order valence-electron chi connectivity index (χ3n) is 6.32. The Morgan fingerprint density at radius 2 is 1.74 bits per heavy atom. The number of amides is 3. The van der Waals surface area contributed by atoms with Crippen LogP contribution in [0.5, 0.6) is 0 Å². The third-order valence-corrected chi connectivity index (χ3v) is 7.72. The first-order valence-corrected chi connectivity index (χ1v) is 12.4. The maximum Gasteiger partial charge on any atom is 0.267 e. The SMILES string of the molecule is O=C(CN1C(=O)/C(=C2/SC(=S)N(C3CCCCC3)C2=O)c2ccccc21)Nc1ccc(F)cc1. The number of rotatable bonds is 4. The third kappa shape index (κ3) is 4.14. The number of nitrogens with zero attached hydrogens (tertiary/aromatic N) is 2. The molecule has 0 unspecified atom stereocenters. The monoisotopic (exact) mass is 495 g/mol. The van der Waals surface area contributed by atoms with Crippen molar-refractivity contribution in [2.45, 2.75) is 38.1 Å². The van der Waals surface area contributed by atoms with Gasteiger partial charge in [0.2, 0.25) is 5.91 Å². The highest BCUT2D eigenvalue weighted by molar-refractivity contribution is 8.26. The fraction of sp³-hybridized carbons (Fsp3) is 0.280. The van der Waals surface area contributed by atoms with E-state index in [-0.39, 0.29) is 18.5 Å². The molecule has 34 heavy (non-hydrogen) atoms. The molecule has 0 aromatic heterocycles. The van der Waals surface area contributed by atoms with E-state index in [4.69, 9.17) is 12.2 Å². The van der Waals surface area contributed by atoms with Gasteiger partial charge in [0.1, 0.15) is 16.7 Å². The second-order valence-electron chi connectivity index (χ2n) is 8.50. The summed E-state index contributed by atoms with van der Waals surface area (Å²) in [6.45, 7) is -0.236. The molecule has 2 heterocycles. The number of halogens is 1. The Kier molecular flexibility index (Phi) is 6.22. The molecule has 0 radical (unpaired) electrons. The standard InChI is InChI=1S/C25H22FN3O3S2/c26-15-10-12-16(13-11-15)27-20(30)14-28-19-9-5-4-8-18(19)21(23(28)31)22-24(32)29(25(33)34-22)17-6-2-1-3-7-17/h4-5,8-13,17H,1-3,6-7,14H2,(H,27,30)/b22-21+. The zero-order chi connectivity index (χ0) is 23.8. The normalized spacial score (nSPS) is 20.8. The average Bonchev–Trinajstić information content (AvgIpc) is 3.28. The summed E-state index contributed by atoms with van der Waals surface area (Å²) in [4.78, 5) is 43.0. The van der Waals surface area contributed by atoms with Crippen LogP contribution in [-0.4, -0.2) is 39.5 Å². The number of thiocarbonyl (C=S) groups is 1. The van der Waals surface area contributed by atoms with Gasteiger partial charge >= 0.3 is 0 Å². The molecule has 3 aliphatic rings. The van der Waals surface area contributed by atoms with E-state index in [9.17, 15) is 18.8 Å². The molecule has 3 amide bonds. The Hall–Kier alpha value is -3.04. The minimum atomic E-state index is -0.425. The van der Waals surface area contributed by atoms with Crippen LogP contribution in [0.3, 0.4) is 0 Å². The molecule has 2 aliphatic heterocycles. The highest BCUT2D eigenvalue weighted by atomic mass is 32.2. The van der Waals surface area contributed by atoms with E-state index in [0.717, 1.165) is 32.1 Å². The van der Waals surface area contributed by atoms with E-state index in [1.165, 1.54) is 40.9 Å². The van der Waals surface area contributed by atoms with Gasteiger partial charge in [-0.3, -0.25) is 24.2 Å². The topological polar surface area (TPSA) is 69.7 Å². The quantitative estimate of drug-likeness (QED) is 0.491. The molecule has 5 rings (SSSR count). The van der Waals surface area contributed by atoms with Gasteiger partial charge in [-0.25, -0.2) is 4.39 Å². The van der Waals surface area contributed by atoms with Gasteiger partial charge in [-0.05, 0) is 43.2 Å². The van der Waals surface area contributed by atoms with E-state index in [1.807, 2.05) is 0 Å². The zero-order valence-corrected chi connectivity index (χ0v) is 19.9. The van der Waals surface area contributed by atoms with Gasteiger partial charge in [0, 0.05) is 17.3 Å². The van der Waals surface area contributed by atoms with Crippen molar-refractivity contribution in [2.24, 2.45) is 0 Å². The molecular weight excluding hydrogens is 473 g/mol. The second kappa shape index (κ2) is 9.31. The molecule has 2 aromatic rings. The summed E-state index contributed by atoms with van der Waals surface area (Å²) in [5.41, 5.74) is 1.91. The summed E-state index contributed by atoms with van der Waals surface area (Å²) < 4.78 is 13.6. The summed E-state index contributed by atoms with van der Waals surface area (Å²) >= 11 is 6.72. The van der Waals surface area contributed by atoms with E-state index < -0.39 is 17.6 Å². The van der Waals surface area contributed by atoms with Gasteiger partial charge in [-0.1, -0.05) is 61.4 Å². The van der Waals surface area contributed by atoms with E-state index >= 15 is 0 Å². The van der Waals surface area contributed by atoms with Gasteiger partial charge in [-0.2, -0.15) is 0 Å². The lowest BCUT2D eigenvalue weighted by atomic mass is 9.94. The molecule has 2 fully saturated rings. The molecule has 2 aromatic carbocycles. The van der Waals surface area contributed by atoms with Gasteiger partial charge in [0.05, 0.1) is 16.2 Å². The van der Waals surface area contributed by atoms with Crippen molar-refractivity contribution in [3.63, 3.8) is 0 Å². The molecule has 1 N–H and O–H groups in total. The predicted molar refractivity (Wildman–Crippen MR) is 135 cm³/mol. The number of hydrogen-bond donors (Lipinski definition) is 1. The number of nitrogens with one attached hydrogen (secondary N) is 1. The smallest absolute Gasteiger partial charge is 0.267 e. The van der Waals surface area contributed by atoms with Gasteiger partial charge in [0.15, 0.2) is 0 Å². The van der Waals surface area contributed by atoms with Crippen LogP contribution in [0.15, 0.2) is 53.4 Å². The number of carbonyl (C=O) groups excluding carboxylic acids is 3. The van der Waals surface area contributed by atoms with Gasteiger partial charge in [0.25, 0.3) is 11.8 Å². The maximum atomic E-state index is 13.5. The van der Waals surface area contributed by atoms with E-state index in [1.54, 1.807) is 29.2 Å². The Labute approximate surface area is 206 Å². The van der Waals surface area contributed by atoms with Gasteiger partial charge in [-0.15, -0.1) is 0 Å². The van der Waals surface area contributed by atoms with Crippen molar-refractivity contribution in [3.05, 3.63) is 64.8 Å². The van der Waals surface area contributed by atoms with Crippen LogP contribution in [0.4, 0.5) is 15.8 Å². The van der Waals surface area contributed by atoms with Crippen LogP contribution in [0.25, 0.3) is 5.57 Å². The molecule has 0 bridgehead atoms. The number of hydrogen-bond acceptors (Lipinski definition) is 5. The van der Waals surface area contributed by atoms with E-state index in [2.05, 4.69) is 5.32 Å². The summed E-state index contributed by atoms with van der Waals surface area (Å²) in [6, 6.07) is 12.6. The summed E-state index contributed by atoms with van der Waals surface area (Å²) in [5, 5.41) is 2.68. The summed E-state index contributed by atoms with van der Waals surface area (Å²) in [7, 11) is 0. The van der Waals surface area contributed by atoms with E-state index in [0.29, 0.717) is 31.7 Å². The fourth-order valence-corrected chi connectivity index (χ4v) is 6.19. The van der Waals surface area contributed by atoms with Crippen LogP contribution in [0.2, 0.25) is 0 Å². The first-order chi connectivity index (χ1) is 16.4. The Morgan fingerprint density at radius 3 is 2.47 bits per heavy atom. The Bertz CT molecular complexity index is 1220. The van der Waals surface area contributed by atoms with Crippen molar-refractivity contribution in [1.29, 1.82) is 0 Å². The molecule has 174 valence electrons. The van der Waals surface area contributed by atoms with Crippen LogP contribution < -0.4 is 10.2 Å². The van der Waals surface area contributed by atoms with Crippen LogP contribution in [0.1, 0.15) is 37.7 Å². The minimum Gasteiger partial charge on any atom is -0.325 e. The maximum absolute atomic E-state index is 13.5. The average molecular weight is 496 g/mol. The van der Waals surface area contributed by atoms with Crippen molar-refractivity contribution in [2.75, 3.05) is 16.8 Å². The van der Waals surface area contributed by atoms with Crippen molar-refractivity contribution < 1.29 is 18.8 Å². The molecule has 0 spiro atoms. The summed E-state index contributed by atoms with van der Waals surface area (Å²) in [6.07, 6.45) is 5.11. The number of anilines is 2. The van der Waals surface area contributed by atoms with Crippen molar-refractivity contribution >= 4 is 63.0 Å². The lowest BCUT2D eigenvalue weighted by Gasteiger charge is -2.29.